The molecule has 0 N–H and O–H groups in total. The van der Waals surface area contributed by atoms with Crippen LogP contribution >= 0.6 is 23.5 Å². The quantitative estimate of drug-likeness (QED) is 0.308. The van der Waals surface area contributed by atoms with E-state index >= 15 is 0 Å². The van der Waals surface area contributed by atoms with Crippen molar-refractivity contribution in [2.24, 2.45) is 0 Å². The van der Waals surface area contributed by atoms with E-state index in [1.165, 1.54) is 50.1 Å². The standard InChI is InChI=1S/C29H26S2/c1-21-25-9-5-10-26(21)18-31-20-28-12-6-11-27(19-30-17-25)29(28)24-15-13-23(14-16-24)22-7-3-2-4-8-22/h2-16H,17-20H2,1H3. The molecule has 1 aliphatic rings. The second-order valence-corrected chi connectivity index (χ2v) is 10.1. The SMILES string of the molecule is Cc1c2cccc1CSCc1cccc(c1-c1ccc(-c3ccccc3)cc1)CSC2. The molecule has 1 aliphatic heterocycles. The number of rotatable bonds is 2. The van der Waals surface area contributed by atoms with Gasteiger partial charge in [0, 0.05) is 23.0 Å². The molecular weight excluding hydrogens is 412 g/mol. The van der Waals surface area contributed by atoms with E-state index in [9.17, 15) is 0 Å². The fourth-order valence-electron chi connectivity index (χ4n) is 4.32. The molecule has 31 heavy (non-hydrogen) atoms. The monoisotopic (exact) mass is 438 g/mol. The summed E-state index contributed by atoms with van der Waals surface area (Å²) in [6.07, 6.45) is 0. The van der Waals surface area contributed by atoms with Crippen LogP contribution in [0, 0.1) is 6.92 Å². The van der Waals surface area contributed by atoms with Crippen LogP contribution < -0.4 is 0 Å². The van der Waals surface area contributed by atoms with Crippen LogP contribution in [0.1, 0.15) is 27.8 Å². The molecule has 0 nitrogen and oxygen atoms in total. The highest BCUT2D eigenvalue weighted by Crippen LogP contribution is 2.36. The lowest BCUT2D eigenvalue weighted by atomic mass is 9.94. The van der Waals surface area contributed by atoms with E-state index < -0.39 is 0 Å². The maximum atomic E-state index is 2.32. The van der Waals surface area contributed by atoms with Crippen LogP contribution in [0.5, 0.6) is 0 Å². The smallest absolute Gasteiger partial charge is 0.0194 e. The Morgan fingerprint density at radius 2 is 0.903 bits per heavy atom. The minimum absolute atomic E-state index is 1.04. The highest BCUT2D eigenvalue weighted by Gasteiger charge is 2.14. The molecule has 0 aliphatic carbocycles. The van der Waals surface area contributed by atoms with E-state index in [4.69, 9.17) is 0 Å². The number of thioether (sulfide) groups is 2. The topological polar surface area (TPSA) is 0 Å². The van der Waals surface area contributed by atoms with Crippen LogP contribution in [-0.4, -0.2) is 0 Å². The molecular formula is C29H26S2. The van der Waals surface area contributed by atoms with Crippen LogP contribution in [-0.2, 0) is 23.0 Å². The van der Waals surface area contributed by atoms with Gasteiger partial charge >= 0.3 is 0 Å². The molecule has 2 heteroatoms. The Morgan fingerprint density at radius 1 is 0.452 bits per heavy atom. The molecule has 0 fully saturated rings. The normalized spacial score (nSPS) is 13.8. The molecule has 1 heterocycles. The van der Waals surface area contributed by atoms with Gasteiger partial charge in [-0.1, -0.05) is 91.0 Å². The molecule has 0 saturated carbocycles. The zero-order valence-corrected chi connectivity index (χ0v) is 19.4. The third-order valence-corrected chi connectivity index (χ3v) is 8.17. The van der Waals surface area contributed by atoms with Crippen LogP contribution in [0.25, 0.3) is 22.3 Å². The lowest BCUT2D eigenvalue weighted by molar-refractivity contribution is 1.21. The molecule has 0 amide bonds. The third-order valence-electron chi connectivity index (χ3n) is 6.11. The first-order valence-corrected chi connectivity index (χ1v) is 13.1. The first-order chi connectivity index (χ1) is 15.3. The molecule has 154 valence electrons. The van der Waals surface area contributed by atoms with Crippen LogP contribution in [0.15, 0.2) is 91.0 Å². The Morgan fingerprint density at radius 3 is 1.48 bits per heavy atom. The summed E-state index contributed by atoms with van der Waals surface area (Å²) in [5, 5.41) is 0. The van der Waals surface area contributed by atoms with Gasteiger partial charge < -0.3 is 0 Å². The zero-order valence-electron chi connectivity index (χ0n) is 17.8. The second-order valence-electron chi connectivity index (χ2n) is 8.08. The average molecular weight is 439 g/mol. The largest absolute Gasteiger partial charge is 0.152 e. The molecule has 0 atom stereocenters. The molecule has 0 aromatic heterocycles. The molecule has 0 radical (unpaired) electrons. The first-order valence-electron chi connectivity index (χ1n) is 10.8. The minimum Gasteiger partial charge on any atom is -0.152 e. The lowest BCUT2D eigenvalue weighted by Crippen LogP contribution is -1.99. The van der Waals surface area contributed by atoms with Crippen LogP contribution in [0.3, 0.4) is 0 Å². The van der Waals surface area contributed by atoms with Gasteiger partial charge in [0.25, 0.3) is 0 Å². The van der Waals surface area contributed by atoms with E-state index in [0.29, 0.717) is 0 Å². The van der Waals surface area contributed by atoms with Crippen molar-refractivity contribution in [2.75, 3.05) is 0 Å². The Labute approximate surface area is 194 Å². The summed E-state index contributed by atoms with van der Waals surface area (Å²) in [6, 6.07) is 33.5. The molecule has 0 unspecified atom stereocenters. The molecule has 4 aromatic rings. The summed E-state index contributed by atoms with van der Waals surface area (Å²) in [4.78, 5) is 0. The fraction of sp³-hybridized carbons (Fsp3) is 0.172. The van der Waals surface area contributed by atoms with E-state index in [2.05, 4.69) is 97.9 Å². The Balaban J connectivity index is 1.50. The summed E-state index contributed by atoms with van der Waals surface area (Å²) < 4.78 is 0. The zero-order chi connectivity index (χ0) is 21.0. The Kier molecular flexibility index (Phi) is 6.20. The summed E-state index contributed by atoms with van der Waals surface area (Å²) in [5.74, 6) is 4.22. The van der Waals surface area contributed by atoms with Gasteiger partial charge in [-0.3, -0.25) is 0 Å². The van der Waals surface area contributed by atoms with Crippen molar-refractivity contribution in [3.05, 3.63) is 119 Å². The number of benzene rings is 4. The first kappa shape index (κ1) is 20.5. The fourth-order valence-corrected chi connectivity index (χ4v) is 6.51. The van der Waals surface area contributed by atoms with Crippen molar-refractivity contribution in [1.82, 2.24) is 0 Å². The minimum atomic E-state index is 1.04. The van der Waals surface area contributed by atoms with Crippen LogP contribution in [0.2, 0.25) is 0 Å². The second kappa shape index (κ2) is 9.38. The van der Waals surface area contributed by atoms with Gasteiger partial charge in [-0.25, -0.2) is 0 Å². The number of fused-ring (bicyclic) bond motifs is 4. The average Bonchev–Trinajstić information content (AvgIpc) is 2.81. The summed E-state index contributed by atoms with van der Waals surface area (Å²) >= 11 is 4.06. The van der Waals surface area contributed by atoms with E-state index in [0.717, 1.165) is 23.0 Å². The van der Waals surface area contributed by atoms with Gasteiger partial charge in [-0.15, -0.1) is 0 Å². The summed E-state index contributed by atoms with van der Waals surface area (Å²) in [6.45, 7) is 2.29. The molecule has 4 aromatic carbocycles. The van der Waals surface area contributed by atoms with Crippen molar-refractivity contribution >= 4 is 23.5 Å². The van der Waals surface area contributed by atoms with E-state index in [-0.39, 0.29) is 0 Å². The maximum absolute atomic E-state index is 2.32. The van der Waals surface area contributed by atoms with Gasteiger partial charge in [0.2, 0.25) is 0 Å². The molecule has 0 spiro atoms. The highest BCUT2D eigenvalue weighted by molar-refractivity contribution is 7.98. The summed E-state index contributed by atoms with van der Waals surface area (Å²) in [7, 11) is 0. The maximum Gasteiger partial charge on any atom is 0.0194 e. The Bertz CT molecular complexity index is 1130. The van der Waals surface area contributed by atoms with Crippen molar-refractivity contribution in [1.29, 1.82) is 0 Å². The van der Waals surface area contributed by atoms with E-state index in [1.807, 2.05) is 23.5 Å². The van der Waals surface area contributed by atoms with Gasteiger partial charge in [0.1, 0.15) is 0 Å². The number of hydrogen-bond acceptors (Lipinski definition) is 2. The van der Waals surface area contributed by atoms with Gasteiger partial charge in [0.15, 0.2) is 0 Å². The number of hydrogen-bond donors (Lipinski definition) is 0. The van der Waals surface area contributed by atoms with Crippen molar-refractivity contribution in [2.45, 2.75) is 29.9 Å². The van der Waals surface area contributed by atoms with Gasteiger partial charge in [0.05, 0.1) is 0 Å². The predicted molar refractivity (Wildman–Crippen MR) is 138 cm³/mol. The molecule has 4 bridgehead atoms. The Hall–Kier alpha value is -2.42. The summed E-state index contributed by atoms with van der Waals surface area (Å²) in [5.41, 5.74) is 12.6. The lowest BCUT2D eigenvalue weighted by Gasteiger charge is -2.18. The van der Waals surface area contributed by atoms with Crippen molar-refractivity contribution in [3.8, 4) is 22.3 Å². The predicted octanol–water partition coefficient (Wildman–Crippen LogP) is 8.51. The molecule has 0 saturated heterocycles. The van der Waals surface area contributed by atoms with Gasteiger partial charge in [-0.05, 0) is 57.0 Å². The third kappa shape index (κ3) is 4.46. The highest BCUT2D eigenvalue weighted by atomic mass is 32.2. The van der Waals surface area contributed by atoms with Gasteiger partial charge in [-0.2, -0.15) is 23.5 Å². The molecule has 5 rings (SSSR count). The van der Waals surface area contributed by atoms with Crippen molar-refractivity contribution < 1.29 is 0 Å². The van der Waals surface area contributed by atoms with Crippen molar-refractivity contribution in [3.63, 3.8) is 0 Å². The van der Waals surface area contributed by atoms with E-state index in [1.54, 1.807) is 0 Å². The van der Waals surface area contributed by atoms with Crippen LogP contribution in [0.4, 0.5) is 0 Å².